The minimum absolute atomic E-state index is 0.0318. The Morgan fingerprint density at radius 1 is 1.39 bits per heavy atom. The molecule has 1 aromatic carbocycles. The summed E-state index contributed by atoms with van der Waals surface area (Å²) < 4.78 is 38.5. The largest absolute Gasteiger partial charge is 0.411 e. The van der Waals surface area contributed by atoms with Gasteiger partial charge in [-0.15, -0.1) is 0 Å². The van der Waals surface area contributed by atoms with Gasteiger partial charge < -0.3 is 5.32 Å². The second-order valence-corrected chi connectivity index (χ2v) is 5.29. The minimum atomic E-state index is -4.31. The molecule has 1 aliphatic rings. The molecule has 1 saturated carbocycles. The highest BCUT2D eigenvalue weighted by molar-refractivity contribution is 14.1. The molecular formula is C10H8F3IN2O2. The molecule has 0 amide bonds. The number of benzene rings is 1. The molecule has 8 heteroatoms. The van der Waals surface area contributed by atoms with Crippen molar-refractivity contribution < 1.29 is 18.1 Å². The molecule has 0 bridgehead atoms. The van der Waals surface area contributed by atoms with Crippen LogP contribution >= 0.6 is 22.6 Å². The zero-order valence-electron chi connectivity index (χ0n) is 8.92. The zero-order valence-corrected chi connectivity index (χ0v) is 11.1. The quantitative estimate of drug-likeness (QED) is 0.500. The number of nitro groups is 1. The molecule has 0 aromatic heterocycles. The van der Waals surface area contributed by atoms with E-state index in [4.69, 9.17) is 0 Å². The molecule has 98 valence electrons. The molecule has 0 spiro atoms. The van der Waals surface area contributed by atoms with E-state index < -0.39 is 16.6 Å². The first kappa shape index (κ1) is 13.4. The fourth-order valence-corrected chi connectivity index (χ4v) is 2.33. The highest BCUT2D eigenvalue weighted by atomic mass is 127. The van der Waals surface area contributed by atoms with E-state index in [2.05, 4.69) is 5.32 Å². The van der Waals surface area contributed by atoms with E-state index in [1.165, 1.54) is 18.2 Å². The van der Waals surface area contributed by atoms with Gasteiger partial charge in [-0.3, -0.25) is 10.1 Å². The van der Waals surface area contributed by atoms with Gasteiger partial charge >= 0.3 is 6.18 Å². The molecule has 0 unspecified atom stereocenters. The Kier molecular flexibility index (Phi) is 3.16. The van der Waals surface area contributed by atoms with Crippen LogP contribution in [0.15, 0.2) is 18.2 Å². The molecule has 1 fully saturated rings. The zero-order chi connectivity index (χ0) is 13.6. The monoisotopic (exact) mass is 372 g/mol. The van der Waals surface area contributed by atoms with Crippen LogP contribution in [0.3, 0.4) is 0 Å². The minimum Gasteiger partial charge on any atom is -0.371 e. The summed E-state index contributed by atoms with van der Waals surface area (Å²) in [5, 5.41) is 13.0. The lowest BCUT2D eigenvalue weighted by Crippen LogP contribution is -2.38. The molecule has 0 saturated heterocycles. The summed E-state index contributed by atoms with van der Waals surface area (Å²) in [6, 6.07) is 3.85. The molecule has 2 rings (SSSR count). The summed E-state index contributed by atoms with van der Waals surface area (Å²) in [6.45, 7) is 0. The first-order chi connectivity index (χ1) is 8.25. The molecule has 18 heavy (non-hydrogen) atoms. The van der Waals surface area contributed by atoms with E-state index in [0.717, 1.165) is 0 Å². The Balaban J connectivity index is 2.22. The maximum absolute atomic E-state index is 12.7. The lowest BCUT2D eigenvalue weighted by molar-refractivity contribution is -0.385. The van der Waals surface area contributed by atoms with Gasteiger partial charge in [0.25, 0.3) is 5.69 Å². The number of nitro benzene ring substituents is 1. The van der Waals surface area contributed by atoms with Gasteiger partial charge in [0, 0.05) is 11.8 Å². The fourth-order valence-electron chi connectivity index (χ4n) is 1.61. The smallest absolute Gasteiger partial charge is 0.371 e. The van der Waals surface area contributed by atoms with Crippen LogP contribution in [-0.2, 0) is 0 Å². The van der Waals surface area contributed by atoms with Gasteiger partial charge in [0.15, 0.2) is 0 Å². The summed E-state index contributed by atoms with van der Waals surface area (Å²) in [5.41, 5.74) is -1.72. The van der Waals surface area contributed by atoms with Crippen LogP contribution < -0.4 is 5.32 Å². The molecule has 1 aromatic rings. The second-order valence-electron chi connectivity index (χ2n) is 4.13. The van der Waals surface area contributed by atoms with Crippen LogP contribution in [-0.4, -0.2) is 16.6 Å². The molecule has 1 aliphatic carbocycles. The molecule has 0 radical (unpaired) electrons. The number of hydrogen-bond acceptors (Lipinski definition) is 3. The summed E-state index contributed by atoms with van der Waals surface area (Å²) in [6.07, 6.45) is -4.24. The van der Waals surface area contributed by atoms with Gasteiger partial charge in [-0.25, -0.2) is 0 Å². The third-order valence-electron chi connectivity index (χ3n) is 2.82. The van der Waals surface area contributed by atoms with E-state index in [1.54, 1.807) is 22.6 Å². The topological polar surface area (TPSA) is 55.2 Å². The molecule has 0 atom stereocenters. The van der Waals surface area contributed by atoms with Crippen LogP contribution in [0.2, 0.25) is 0 Å². The fraction of sp³-hybridized carbons (Fsp3) is 0.400. The lowest BCUT2D eigenvalue weighted by Gasteiger charge is -2.21. The van der Waals surface area contributed by atoms with E-state index in [0.29, 0.717) is 3.57 Å². The molecule has 1 N–H and O–H groups in total. The average molecular weight is 372 g/mol. The first-order valence-corrected chi connectivity index (χ1v) is 6.12. The number of alkyl halides is 3. The van der Waals surface area contributed by atoms with Crippen LogP contribution in [0.25, 0.3) is 0 Å². The SMILES string of the molecule is O=[N+]([O-])c1ccc(NC2(C(F)(F)F)CC2)cc1I. The van der Waals surface area contributed by atoms with Crippen molar-refractivity contribution in [3.05, 3.63) is 31.9 Å². The van der Waals surface area contributed by atoms with Gasteiger partial charge in [0.1, 0.15) is 5.54 Å². The summed E-state index contributed by atoms with van der Waals surface area (Å²) in [4.78, 5) is 10.0. The maximum Gasteiger partial charge on any atom is 0.411 e. The predicted octanol–water partition coefficient (Wildman–Crippen LogP) is 3.71. The number of rotatable bonds is 3. The van der Waals surface area contributed by atoms with E-state index in [-0.39, 0.29) is 24.2 Å². The second kappa shape index (κ2) is 4.25. The third kappa shape index (κ3) is 2.38. The van der Waals surface area contributed by atoms with E-state index in [9.17, 15) is 23.3 Å². The summed E-state index contributed by atoms with van der Waals surface area (Å²) >= 11 is 1.73. The van der Waals surface area contributed by atoms with Gasteiger partial charge in [-0.1, -0.05) is 0 Å². The number of nitrogens with one attached hydrogen (secondary N) is 1. The van der Waals surface area contributed by atoms with Gasteiger partial charge in [0.05, 0.1) is 8.49 Å². The Morgan fingerprint density at radius 2 is 2.00 bits per heavy atom. The molecular weight excluding hydrogens is 364 g/mol. The summed E-state index contributed by atoms with van der Waals surface area (Å²) in [7, 11) is 0. The van der Waals surface area contributed by atoms with Crippen molar-refractivity contribution in [1.82, 2.24) is 0 Å². The predicted molar refractivity (Wildman–Crippen MR) is 67.5 cm³/mol. The van der Waals surface area contributed by atoms with Gasteiger partial charge in [-0.05, 0) is 47.6 Å². The Labute approximate surface area is 114 Å². The Morgan fingerprint density at radius 3 is 2.39 bits per heavy atom. The number of hydrogen-bond donors (Lipinski definition) is 1. The van der Waals surface area contributed by atoms with E-state index >= 15 is 0 Å². The number of anilines is 1. The van der Waals surface area contributed by atoms with Crippen molar-refractivity contribution in [3.8, 4) is 0 Å². The molecule has 0 aliphatic heterocycles. The van der Waals surface area contributed by atoms with Gasteiger partial charge in [0.2, 0.25) is 0 Å². The van der Waals surface area contributed by atoms with Gasteiger partial charge in [-0.2, -0.15) is 13.2 Å². The number of halogens is 4. The van der Waals surface area contributed by atoms with E-state index in [1.807, 2.05) is 0 Å². The molecule has 0 heterocycles. The Hall–Kier alpha value is -1.06. The average Bonchev–Trinajstić information content (AvgIpc) is 2.97. The highest BCUT2D eigenvalue weighted by Crippen LogP contribution is 2.51. The van der Waals surface area contributed by atoms with Crippen LogP contribution in [0.5, 0.6) is 0 Å². The molecule has 4 nitrogen and oxygen atoms in total. The Bertz CT molecular complexity index is 500. The van der Waals surface area contributed by atoms with Crippen LogP contribution in [0, 0.1) is 13.7 Å². The standard InChI is InChI=1S/C10H8F3IN2O2/c11-10(12,13)9(3-4-9)15-6-1-2-8(16(17)18)7(14)5-6/h1-2,5,15H,3-4H2. The third-order valence-corrected chi connectivity index (χ3v) is 3.68. The van der Waals surface area contributed by atoms with Crippen molar-refractivity contribution in [2.75, 3.05) is 5.32 Å². The van der Waals surface area contributed by atoms with Crippen molar-refractivity contribution in [2.45, 2.75) is 24.6 Å². The lowest BCUT2D eigenvalue weighted by atomic mass is 10.2. The van der Waals surface area contributed by atoms with Crippen molar-refractivity contribution in [3.63, 3.8) is 0 Å². The van der Waals surface area contributed by atoms with Crippen molar-refractivity contribution in [1.29, 1.82) is 0 Å². The van der Waals surface area contributed by atoms with Crippen molar-refractivity contribution in [2.24, 2.45) is 0 Å². The van der Waals surface area contributed by atoms with Crippen molar-refractivity contribution >= 4 is 34.0 Å². The summed E-state index contributed by atoms with van der Waals surface area (Å²) in [5.74, 6) is 0. The van der Waals surface area contributed by atoms with Crippen LogP contribution in [0.4, 0.5) is 24.5 Å². The highest BCUT2D eigenvalue weighted by Gasteiger charge is 2.63. The first-order valence-electron chi connectivity index (χ1n) is 5.04. The maximum atomic E-state index is 12.7. The number of nitrogens with zero attached hydrogens (tertiary/aromatic N) is 1. The van der Waals surface area contributed by atoms with Crippen LogP contribution in [0.1, 0.15) is 12.8 Å². The normalized spacial score (nSPS) is 17.3.